The number of carbonyl (C=O) groups excluding carboxylic acids is 1. The lowest BCUT2D eigenvalue weighted by Gasteiger charge is -2.26. The van der Waals surface area contributed by atoms with E-state index in [0.717, 1.165) is 65.2 Å². The normalized spacial score (nSPS) is 20.4. The van der Waals surface area contributed by atoms with Gasteiger partial charge in [0.2, 0.25) is 0 Å². The van der Waals surface area contributed by atoms with Crippen LogP contribution in [0.1, 0.15) is 18.4 Å². The predicted octanol–water partition coefficient (Wildman–Crippen LogP) is 2.13. The topological polar surface area (TPSA) is 38.8 Å². The van der Waals surface area contributed by atoms with E-state index >= 15 is 0 Å². The molecule has 0 aromatic heterocycles. The van der Waals surface area contributed by atoms with E-state index in [1.165, 1.54) is 5.56 Å². The second-order valence-corrected chi connectivity index (χ2v) is 5.46. The highest BCUT2D eigenvalue weighted by Crippen LogP contribution is 2.10. The van der Waals surface area contributed by atoms with Crippen LogP contribution in [0.25, 0.3) is 0 Å². The summed E-state index contributed by atoms with van der Waals surface area (Å²) in [6, 6.07) is 10.6. The van der Waals surface area contributed by atoms with E-state index in [2.05, 4.69) is 35.2 Å². The summed E-state index contributed by atoms with van der Waals surface area (Å²) in [5.74, 6) is 0.281. The molecule has 3 rings (SSSR count). The van der Waals surface area contributed by atoms with E-state index in [-0.39, 0.29) is 5.92 Å². The highest BCUT2D eigenvalue weighted by atomic mass is 16.5. The molecule has 21 heavy (non-hydrogen) atoms. The van der Waals surface area contributed by atoms with E-state index in [0.29, 0.717) is 0 Å². The molecule has 0 N–H and O–H groups in total. The van der Waals surface area contributed by atoms with Crippen LogP contribution in [0.3, 0.4) is 0 Å². The van der Waals surface area contributed by atoms with Gasteiger partial charge in [0.05, 0.1) is 13.2 Å². The third-order valence-corrected chi connectivity index (χ3v) is 3.81. The molecular formula is C17H25NO3. The second-order valence-electron chi connectivity index (χ2n) is 5.46. The third kappa shape index (κ3) is 6.38. The van der Waals surface area contributed by atoms with Gasteiger partial charge >= 0.3 is 0 Å². The standard InChI is InChI=1S/C11H15NO.C6H10O2/c1-2-4-11(5-3-1)10-12-6-8-13-9-7-12;7-5-6-1-3-8-4-2-6/h1-5H,6-10H2;5-6H,1-4H2. The molecule has 116 valence electrons. The first-order valence-corrected chi connectivity index (χ1v) is 7.75. The fraction of sp³-hybridized carbons (Fsp3) is 0.588. The minimum absolute atomic E-state index is 0.281. The molecule has 2 aliphatic rings. The number of aldehydes is 1. The van der Waals surface area contributed by atoms with Crippen molar-refractivity contribution in [3.63, 3.8) is 0 Å². The van der Waals surface area contributed by atoms with Crippen molar-refractivity contribution in [1.82, 2.24) is 4.90 Å². The Kier molecular flexibility index (Phi) is 7.43. The van der Waals surface area contributed by atoms with Crippen molar-refractivity contribution < 1.29 is 14.3 Å². The first kappa shape index (κ1) is 16.1. The molecule has 0 aliphatic carbocycles. The molecular weight excluding hydrogens is 266 g/mol. The molecule has 2 saturated heterocycles. The summed E-state index contributed by atoms with van der Waals surface area (Å²) in [6.07, 6.45) is 2.87. The van der Waals surface area contributed by atoms with Gasteiger partial charge in [0.15, 0.2) is 0 Å². The van der Waals surface area contributed by atoms with Crippen molar-refractivity contribution in [3.05, 3.63) is 35.9 Å². The monoisotopic (exact) mass is 291 g/mol. The van der Waals surface area contributed by atoms with E-state index in [1.54, 1.807) is 0 Å². The Morgan fingerprint density at radius 2 is 1.62 bits per heavy atom. The SMILES string of the molecule is O=CC1CCOCC1.c1ccc(CN2CCOCC2)cc1. The summed E-state index contributed by atoms with van der Waals surface area (Å²) < 4.78 is 10.3. The maximum absolute atomic E-state index is 10.1. The van der Waals surface area contributed by atoms with Crippen LogP contribution in [0.4, 0.5) is 0 Å². The van der Waals surface area contributed by atoms with Crippen molar-refractivity contribution in [3.8, 4) is 0 Å². The number of carbonyl (C=O) groups is 1. The Morgan fingerprint density at radius 1 is 1.00 bits per heavy atom. The number of morpholine rings is 1. The molecule has 0 atom stereocenters. The summed E-state index contributed by atoms with van der Waals surface area (Å²) in [5, 5.41) is 0. The Hall–Kier alpha value is -1.23. The van der Waals surface area contributed by atoms with Crippen LogP contribution < -0.4 is 0 Å². The summed E-state index contributed by atoms with van der Waals surface area (Å²) >= 11 is 0. The fourth-order valence-electron chi connectivity index (χ4n) is 2.45. The quantitative estimate of drug-likeness (QED) is 0.800. The molecule has 4 heteroatoms. The Bertz CT molecular complexity index is 384. The van der Waals surface area contributed by atoms with Gasteiger partial charge in [-0.3, -0.25) is 4.90 Å². The lowest BCUT2D eigenvalue weighted by atomic mass is 10.0. The third-order valence-electron chi connectivity index (χ3n) is 3.81. The molecule has 0 spiro atoms. The van der Waals surface area contributed by atoms with Crippen LogP contribution in [0.15, 0.2) is 30.3 Å². The summed E-state index contributed by atoms with van der Waals surface area (Å²) in [5.41, 5.74) is 1.39. The van der Waals surface area contributed by atoms with E-state index in [1.807, 2.05) is 0 Å². The van der Waals surface area contributed by atoms with Gasteiger partial charge in [0, 0.05) is 38.8 Å². The van der Waals surface area contributed by atoms with Crippen molar-refractivity contribution in [2.45, 2.75) is 19.4 Å². The largest absolute Gasteiger partial charge is 0.381 e. The zero-order chi connectivity index (χ0) is 14.8. The van der Waals surface area contributed by atoms with Gasteiger partial charge in [0.1, 0.15) is 6.29 Å². The zero-order valence-electron chi connectivity index (χ0n) is 12.6. The molecule has 0 saturated carbocycles. The molecule has 0 radical (unpaired) electrons. The first-order chi connectivity index (χ1) is 10.4. The summed E-state index contributed by atoms with van der Waals surface area (Å²) in [6.45, 7) is 6.49. The molecule has 1 aromatic carbocycles. The van der Waals surface area contributed by atoms with E-state index in [4.69, 9.17) is 9.47 Å². The highest BCUT2D eigenvalue weighted by molar-refractivity contribution is 5.53. The van der Waals surface area contributed by atoms with Crippen LogP contribution >= 0.6 is 0 Å². The van der Waals surface area contributed by atoms with Gasteiger partial charge in [-0.05, 0) is 18.4 Å². The molecule has 0 unspecified atom stereocenters. The van der Waals surface area contributed by atoms with Gasteiger partial charge < -0.3 is 14.3 Å². The van der Waals surface area contributed by atoms with Gasteiger partial charge in [-0.1, -0.05) is 30.3 Å². The number of hydrogen-bond donors (Lipinski definition) is 0. The predicted molar refractivity (Wildman–Crippen MR) is 82.1 cm³/mol. The van der Waals surface area contributed by atoms with Crippen LogP contribution in [-0.2, 0) is 20.8 Å². The Morgan fingerprint density at radius 3 is 2.19 bits per heavy atom. The van der Waals surface area contributed by atoms with Gasteiger partial charge in [-0.25, -0.2) is 0 Å². The second kappa shape index (κ2) is 9.66. The Balaban J connectivity index is 0.000000173. The first-order valence-electron chi connectivity index (χ1n) is 7.75. The van der Waals surface area contributed by atoms with E-state index < -0.39 is 0 Å². The van der Waals surface area contributed by atoms with Crippen molar-refractivity contribution in [2.75, 3.05) is 39.5 Å². The molecule has 1 aromatic rings. The number of rotatable bonds is 3. The zero-order valence-corrected chi connectivity index (χ0v) is 12.6. The van der Waals surface area contributed by atoms with Crippen LogP contribution in [0.2, 0.25) is 0 Å². The van der Waals surface area contributed by atoms with Crippen molar-refractivity contribution in [1.29, 1.82) is 0 Å². The average Bonchev–Trinajstić information content (AvgIpc) is 2.58. The Labute approximate surface area is 127 Å². The van der Waals surface area contributed by atoms with Crippen LogP contribution in [0.5, 0.6) is 0 Å². The molecule has 0 bridgehead atoms. The highest BCUT2D eigenvalue weighted by Gasteiger charge is 2.11. The number of nitrogens with zero attached hydrogens (tertiary/aromatic N) is 1. The lowest BCUT2D eigenvalue weighted by Crippen LogP contribution is -2.35. The number of benzene rings is 1. The summed E-state index contributed by atoms with van der Waals surface area (Å²) in [7, 11) is 0. The smallest absolute Gasteiger partial charge is 0.123 e. The maximum Gasteiger partial charge on any atom is 0.123 e. The minimum atomic E-state index is 0.281. The van der Waals surface area contributed by atoms with Gasteiger partial charge in [0.25, 0.3) is 0 Å². The lowest BCUT2D eigenvalue weighted by molar-refractivity contribution is -0.113. The molecule has 4 nitrogen and oxygen atoms in total. The van der Waals surface area contributed by atoms with E-state index in [9.17, 15) is 4.79 Å². The maximum atomic E-state index is 10.1. The minimum Gasteiger partial charge on any atom is -0.381 e. The van der Waals surface area contributed by atoms with Gasteiger partial charge in [-0.2, -0.15) is 0 Å². The van der Waals surface area contributed by atoms with Crippen LogP contribution in [0, 0.1) is 5.92 Å². The van der Waals surface area contributed by atoms with Crippen molar-refractivity contribution in [2.24, 2.45) is 5.92 Å². The van der Waals surface area contributed by atoms with Crippen molar-refractivity contribution >= 4 is 6.29 Å². The summed E-state index contributed by atoms with van der Waals surface area (Å²) in [4.78, 5) is 12.5. The number of hydrogen-bond acceptors (Lipinski definition) is 4. The fourth-order valence-corrected chi connectivity index (χ4v) is 2.45. The molecule has 2 aliphatic heterocycles. The average molecular weight is 291 g/mol. The van der Waals surface area contributed by atoms with Gasteiger partial charge in [-0.15, -0.1) is 0 Å². The molecule has 2 fully saturated rings. The molecule has 0 amide bonds. The number of ether oxygens (including phenoxy) is 2. The molecule has 2 heterocycles. The van der Waals surface area contributed by atoms with Crippen LogP contribution in [-0.4, -0.2) is 50.7 Å².